The SMILES string of the molecule is CCOC=O.COc1ccc(-c2oc3ccccc3c(=O)c2OCCOc2ccc(C(=O)NCC(C)NSc3ccc(C)cc3)cc2)cc1OC. The van der Waals surface area contributed by atoms with E-state index in [-0.39, 0.29) is 42.1 Å². The Morgan fingerprint density at radius 1 is 0.902 bits per heavy atom. The van der Waals surface area contributed by atoms with Crippen molar-refractivity contribution in [2.75, 3.05) is 40.6 Å². The second kappa shape index (κ2) is 19.7. The maximum atomic E-state index is 13.4. The zero-order chi connectivity index (χ0) is 36.6. The van der Waals surface area contributed by atoms with Gasteiger partial charge in [0.2, 0.25) is 11.2 Å². The van der Waals surface area contributed by atoms with Crippen molar-refractivity contribution in [1.29, 1.82) is 0 Å². The van der Waals surface area contributed by atoms with E-state index in [9.17, 15) is 14.4 Å². The average molecular weight is 715 g/mol. The molecule has 4 aromatic carbocycles. The molecule has 11 nitrogen and oxygen atoms in total. The number of carbonyl (C=O) groups is 2. The molecule has 5 rings (SSSR count). The third-order valence-electron chi connectivity index (χ3n) is 7.32. The van der Waals surface area contributed by atoms with Gasteiger partial charge in [0.15, 0.2) is 17.3 Å². The zero-order valence-corrected chi connectivity index (χ0v) is 30.0. The fourth-order valence-electron chi connectivity index (χ4n) is 4.66. The van der Waals surface area contributed by atoms with E-state index >= 15 is 0 Å². The molecule has 1 heterocycles. The van der Waals surface area contributed by atoms with Gasteiger partial charge in [-0.25, -0.2) is 0 Å². The van der Waals surface area contributed by atoms with Crippen molar-refractivity contribution < 1.29 is 37.7 Å². The molecule has 268 valence electrons. The quantitative estimate of drug-likeness (QED) is 0.0632. The van der Waals surface area contributed by atoms with Gasteiger partial charge < -0.3 is 33.4 Å². The molecular formula is C39H42N2O9S. The van der Waals surface area contributed by atoms with Crippen LogP contribution in [0.1, 0.15) is 29.8 Å². The van der Waals surface area contributed by atoms with Gasteiger partial charge in [-0.2, -0.15) is 0 Å². The van der Waals surface area contributed by atoms with Crippen LogP contribution < -0.4 is 34.4 Å². The lowest BCUT2D eigenvalue weighted by atomic mass is 10.1. The Labute approximate surface area is 301 Å². The number of benzene rings is 4. The summed E-state index contributed by atoms with van der Waals surface area (Å²) in [6.45, 7) is 7.44. The summed E-state index contributed by atoms with van der Waals surface area (Å²) in [6.07, 6.45) is 0. The lowest BCUT2D eigenvalue weighted by molar-refractivity contribution is -0.128. The smallest absolute Gasteiger partial charge is 0.293 e. The molecule has 0 bridgehead atoms. The topological polar surface area (TPSA) is 135 Å². The number of hydrogen-bond donors (Lipinski definition) is 2. The van der Waals surface area contributed by atoms with Crippen molar-refractivity contribution in [3.63, 3.8) is 0 Å². The monoisotopic (exact) mass is 714 g/mol. The first-order valence-electron chi connectivity index (χ1n) is 16.2. The Morgan fingerprint density at radius 3 is 2.27 bits per heavy atom. The molecule has 5 aromatic rings. The van der Waals surface area contributed by atoms with Gasteiger partial charge in [0, 0.05) is 28.6 Å². The van der Waals surface area contributed by atoms with Crippen LogP contribution in [-0.4, -0.2) is 59.0 Å². The highest BCUT2D eigenvalue weighted by molar-refractivity contribution is 7.97. The molecule has 0 aliphatic heterocycles. The van der Waals surface area contributed by atoms with E-state index in [0.29, 0.717) is 59.0 Å². The van der Waals surface area contributed by atoms with Gasteiger partial charge in [0.1, 0.15) is 24.5 Å². The fourth-order valence-corrected chi connectivity index (χ4v) is 5.35. The molecule has 0 spiro atoms. The normalized spacial score (nSPS) is 11.1. The first kappa shape index (κ1) is 38.3. The van der Waals surface area contributed by atoms with E-state index in [2.05, 4.69) is 46.0 Å². The summed E-state index contributed by atoms with van der Waals surface area (Å²) in [5.41, 5.74) is 2.48. The van der Waals surface area contributed by atoms with Crippen molar-refractivity contribution in [2.24, 2.45) is 0 Å². The summed E-state index contributed by atoms with van der Waals surface area (Å²) in [5, 5.41) is 3.36. The third kappa shape index (κ3) is 11.0. The van der Waals surface area contributed by atoms with Gasteiger partial charge >= 0.3 is 0 Å². The molecule has 1 amide bonds. The van der Waals surface area contributed by atoms with E-state index < -0.39 is 0 Å². The van der Waals surface area contributed by atoms with Crippen molar-refractivity contribution in [3.05, 3.63) is 112 Å². The Kier molecular flexibility index (Phi) is 14.8. The first-order chi connectivity index (χ1) is 24.8. The molecule has 0 aliphatic rings. The number of aryl methyl sites for hydroxylation is 1. The highest BCUT2D eigenvalue weighted by Crippen LogP contribution is 2.36. The molecule has 0 fully saturated rings. The molecule has 51 heavy (non-hydrogen) atoms. The van der Waals surface area contributed by atoms with E-state index in [1.54, 1.807) is 80.8 Å². The molecular weight excluding hydrogens is 673 g/mol. The van der Waals surface area contributed by atoms with Crippen LogP contribution in [0, 0.1) is 6.92 Å². The number of ether oxygens (including phenoxy) is 5. The number of para-hydroxylation sites is 1. The van der Waals surface area contributed by atoms with Gasteiger partial charge in [0.05, 0.1) is 26.2 Å². The minimum atomic E-state index is -0.291. The Hall–Kier alpha value is -5.46. The number of hydrogen-bond acceptors (Lipinski definition) is 11. The third-order valence-corrected chi connectivity index (χ3v) is 8.35. The van der Waals surface area contributed by atoms with Crippen LogP contribution in [0.2, 0.25) is 0 Å². The van der Waals surface area contributed by atoms with Crippen molar-refractivity contribution >= 4 is 35.3 Å². The lowest BCUT2D eigenvalue weighted by Gasteiger charge is -2.15. The van der Waals surface area contributed by atoms with Crippen LogP contribution in [0.5, 0.6) is 23.0 Å². The Balaban J connectivity index is 0.00000109. The van der Waals surface area contributed by atoms with E-state index in [4.69, 9.17) is 23.4 Å². The van der Waals surface area contributed by atoms with Crippen LogP contribution in [-0.2, 0) is 9.53 Å². The Morgan fingerprint density at radius 2 is 1.61 bits per heavy atom. The molecule has 0 saturated heterocycles. The summed E-state index contributed by atoms with van der Waals surface area (Å²) in [5.74, 6) is 1.78. The van der Waals surface area contributed by atoms with Crippen LogP contribution in [0.15, 0.2) is 105 Å². The van der Waals surface area contributed by atoms with Gasteiger partial charge in [-0.05, 0) is 99.4 Å². The zero-order valence-electron chi connectivity index (χ0n) is 29.2. The lowest BCUT2D eigenvalue weighted by Crippen LogP contribution is -2.36. The molecule has 12 heteroatoms. The second-order valence-corrected chi connectivity index (χ2v) is 12.0. The van der Waals surface area contributed by atoms with E-state index in [0.717, 1.165) is 4.90 Å². The van der Waals surface area contributed by atoms with Gasteiger partial charge in [-0.1, -0.05) is 29.8 Å². The number of methoxy groups -OCH3 is 2. The van der Waals surface area contributed by atoms with Crippen LogP contribution >= 0.6 is 11.9 Å². The second-order valence-electron chi connectivity index (χ2n) is 11.1. The minimum Gasteiger partial charge on any atom is -0.493 e. The predicted molar refractivity (Wildman–Crippen MR) is 198 cm³/mol. The predicted octanol–water partition coefficient (Wildman–Crippen LogP) is 6.84. The van der Waals surface area contributed by atoms with Gasteiger partial charge in [0.25, 0.3) is 12.4 Å². The van der Waals surface area contributed by atoms with Crippen LogP contribution in [0.3, 0.4) is 0 Å². The first-order valence-corrected chi connectivity index (χ1v) is 17.1. The van der Waals surface area contributed by atoms with Crippen molar-refractivity contribution in [3.8, 4) is 34.3 Å². The molecule has 1 unspecified atom stereocenters. The summed E-state index contributed by atoms with van der Waals surface area (Å²) in [4.78, 5) is 36.4. The Bertz CT molecular complexity index is 1930. The summed E-state index contributed by atoms with van der Waals surface area (Å²) in [7, 11) is 3.09. The van der Waals surface area contributed by atoms with E-state index in [1.807, 2.05) is 6.92 Å². The molecule has 0 aliphatic carbocycles. The number of nitrogens with one attached hydrogen (secondary N) is 2. The van der Waals surface area contributed by atoms with Gasteiger partial charge in [-0.3, -0.25) is 19.1 Å². The van der Waals surface area contributed by atoms with E-state index in [1.165, 1.54) is 24.6 Å². The number of carbonyl (C=O) groups excluding carboxylic acids is 2. The van der Waals surface area contributed by atoms with Gasteiger partial charge in [-0.15, -0.1) is 0 Å². The number of rotatable bonds is 16. The van der Waals surface area contributed by atoms with Crippen LogP contribution in [0.25, 0.3) is 22.3 Å². The van der Waals surface area contributed by atoms with Crippen molar-refractivity contribution in [2.45, 2.75) is 31.7 Å². The highest BCUT2D eigenvalue weighted by Gasteiger charge is 2.19. The maximum Gasteiger partial charge on any atom is 0.293 e. The van der Waals surface area contributed by atoms with Crippen molar-refractivity contribution in [1.82, 2.24) is 10.0 Å². The summed E-state index contributed by atoms with van der Waals surface area (Å²) >= 11 is 1.54. The maximum absolute atomic E-state index is 13.4. The molecule has 1 aromatic heterocycles. The molecule has 2 N–H and O–H groups in total. The highest BCUT2D eigenvalue weighted by atomic mass is 32.2. The standard InChI is InChI=1S/C36H36N2O7S.C3H6O2/c1-23-9-16-28(17-10-23)46-38-24(2)22-37-36(40)25-11-14-27(15-12-25)43-19-20-44-35-33(39)29-7-5-6-8-30(29)45-34(35)26-13-18-31(41-3)32(21-26)42-4;1-2-5-3-4/h5-18,21,24,38H,19-20,22H2,1-4H3,(H,37,40);3H,2H2,1H3. The summed E-state index contributed by atoms with van der Waals surface area (Å²) < 4.78 is 36.3. The average Bonchev–Trinajstić information content (AvgIpc) is 3.16. The minimum absolute atomic E-state index is 0.0650. The molecule has 0 radical (unpaired) electrons. The number of fused-ring (bicyclic) bond motifs is 1. The fraction of sp³-hybridized carbons (Fsp3) is 0.256. The summed E-state index contributed by atoms with van der Waals surface area (Å²) in [6, 6.07) is 27.4. The molecule has 0 saturated carbocycles. The van der Waals surface area contributed by atoms with Crippen LogP contribution in [0.4, 0.5) is 0 Å². The number of amides is 1. The molecule has 1 atom stereocenters. The largest absolute Gasteiger partial charge is 0.493 e.